The fourth-order valence-corrected chi connectivity index (χ4v) is 4.14. The van der Waals surface area contributed by atoms with Gasteiger partial charge in [0.05, 0.1) is 26.2 Å². The molecule has 1 amide bonds. The van der Waals surface area contributed by atoms with Crippen molar-refractivity contribution in [2.75, 3.05) is 31.1 Å². The number of nitrogens with one attached hydrogen (secondary N) is 2. The summed E-state index contributed by atoms with van der Waals surface area (Å²) in [5.74, 6) is 0.172. The molecular formula is C22H27ClN3O+. The molecule has 0 spiro atoms. The number of anilines is 1. The van der Waals surface area contributed by atoms with Crippen LogP contribution in [0.25, 0.3) is 0 Å². The third-order valence-electron chi connectivity index (χ3n) is 5.64. The minimum absolute atomic E-state index is 0.130. The van der Waals surface area contributed by atoms with Crippen LogP contribution >= 0.6 is 11.6 Å². The summed E-state index contributed by atoms with van der Waals surface area (Å²) in [6, 6.07) is 16.5. The molecule has 142 valence electrons. The number of hydrogen-bond acceptors (Lipinski definition) is 2. The van der Waals surface area contributed by atoms with Crippen LogP contribution in [-0.4, -0.2) is 38.1 Å². The van der Waals surface area contributed by atoms with Gasteiger partial charge in [0.2, 0.25) is 0 Å². The smallest absolute Gasteiger partial charge is 0.283 e. The molecule has 1 saturated carbocycles. The SMILES string of the molecule is Cc1ccc(Cl)cc1N1CC[NH+]([C@@H](C(=O)NC2CC2)c2ccccc2)CC1. The van der Waals surface area contributed by atoms with E-state index in [1.807, 2.05) is 24.3 Å². The summed E-state index contributed by atoms with van der Waals surface area (Å²) in [6.45, 7) is 5.85. The Morgan fingerprint density at radius 1 is 1.15 bits per heavy atom. The van der Waals surface area contributed by atoms with Gasteiger partial charge in [-0.1, -0.05) is 48.0 Å². The largest absolute Gasteiger partial charge is 0.360 e. The Morgan fingerprint density at radius 3 is 2.52 bits per heavy atom. The van der Waals surface area contributed by atoms with Crippen LogP contribution in [0.3, 0.4) is 0 Å². The summed E-state index contributed by atoms with van der Waals surface area (Å²) in [4.78, 5) is 16.7. The molecule has 4 rings (SSSR count). The highest BCUT2D eigenvalue weighted by Gasteiger charge is 2.36. The number of nitrogens with zero attached hydrogens (tertiary/aromatic N) is 1. The Morgan fingerprint density at radius 2 is 1.85 bits per heavy atom. The van der Waals surface area contributed by atoms with Crippen molar-refractivity contribution in [2.45, 2.75) is 31.8 Å². The molecule has 1 atom stereocenters. The Labute approximate surface area is 166 Å². The maximum absolute atomic E-state index is 13.0. The first kappa shape index (κ1) is 18.3. The van der Waals surface area contributed by atoms with Crippen LogP contribution in [-0.2, 0) is 4.79 Å². The monoisotopic (exact) mass is 384 g/mol. The molecule has 2 fully saturated rings. The quantitative estimate of drug-likeness (QED) is 0.830. The van der Waals surface area contributed by atoms with E-state index in [4.69, 9.17) is 11.6 Å². The third kappa shape index (κ3) is 4.28. The Hall–Kier alpha value is -2.04. The summed E-state index contributed by atoms with van der Waals surface area (Å²) in [5, 5.41) is 3.99. The van der Waals surface area contributed by atoms with Gasteiger partial charge in [0.25, 0.3) is 5.91 Å². The number of amides is 1. The maximum atomic E-state index is 13.0. The number of piperazine rings is 1. The molecule has 0 radical (unpaired) electrons. The summed E-state index contributed by atoms with van der Waals surface area (Å²) in [6.07, 6.45) is 2.23. The first-order chi connectivity index (χ1) is 13.1. The average Bonchev–Trinajstić information content (AvgIpc) is 3.49. The van der Waals surface area contributed by atoms with Crippen LogP contribution in [0.4, 0.5) is 5.69 Å². The van der Waals surface area contributed by atoms with Gasteiger partial charge in [0.15, 0.2) is 6.04 Å². The fraction of sp³-hybridized carbons (Fsp3) is 0.409. The van der Waals surface area contributed by atoms with Gasteiger partial charge in [0.1, 0.15) is 0 Å². The van der Waals surface area contributed by atoms with Gasteiger partial charge < -0.3 is 15.1 Å². The second-order valence-electron chi connectivity index (χ2n) is 7.70. The lowest BCUT2D eigenvalue weighted by Crippen LogP contribution is -3.16. The van der Waals surface area contributed by atoms with Crippen molar-refractivity contribution in [3.05, 3.63) is 64.7 Å². The van der Waals surface area contributed by atoms with Crippen molar-refractivity contribution in [1.29, 1.82) is 0 Å². The first-order valence-electron chi connectivity index (χ1n) is 9.83. The zero-order valence-corrected chi connectivity index (χ0v) is 16.5. The van der Waals surface area contributed by atoms with E-state index in [1.165, 1.54) is 16.2 Å². The van der Waals surface area contributed by atoms with Gasteiger partial charge in [0, 0.05) is 22.3 Å². The van der Waals surface area contributed by atoms with E-state index < -0.39 is 0 Å². The summed E-state index contributed by atoms with van der Waals surface area (Å²) < 4.78 is 0. The highest BCUT2D eigenvalue weighted by atomic mass is 35.5. The number of rotatable bonds is 5. The molecule has 2 N–H and O–H groups in total. The number of quaternary nitrogens is 1. The first-order valence-corrected chi connectivity index (χ1v) is 10.2. The number of halogens is 1. The lowest BCUT2D eigenvalue weighted by molar-refractivity contribution is -0.922. The van der Waals surface area contributed by atoms with E-state index in [0.717, 1.165) is 49.6 Å². The van der Waals surface area contributed by atoms with Crippen LogP contribution in [0.15, 0.2) is 48.5 Å². The molecule has 1 saturated heterocycles. The van der Waals surface area contributed by atoms with Crippen molar-refractivity contribution >= 4 is 23.2 Å². The minimum Gasteiger partial charge on any atom is -0.360 e. The number of aryl methyl sites for hydroxylation is 1. The number of carbonyl (C=O) groups is 1. The van der Waals surface area contributed by atoms with E-state index in [-0.39, 0.29) is 11.9 Å². The van der Waals surface area contributed by atoms with Gasteiger partial charge >= 0.3 is 0 Å². The van der Waals surface area contributed by atoms with E-state index in [0.29, 0.717) is 6.04 Å². The van der Waals surface area contributed by atoms with Crippen LogP contribution in [0.5, 0.6) is 0 Å². The summed E-state index contributed by atoms with van der Waals surface area (Å²) in [5.41, 5.74) is 3.56. The second-order valence-corrected chi connectivity index (χ2v) is 8.14. The molecule has 2 aliphatic rings. The van der Waals surface area contributed by atoms with Gasteiger partial charge in [-0.3, -0.25) is 4.79 Å². The van der Waals surface area contributed by atoms with Crippen molar-refractivity contribution < 1.29 is 9.69 Å². The normalized spacial score (nSPS) is 19.0. The molecular weight excluding hydrogens is 358 g/mol. The van der Waals surface area contributed by atoms with Gasteiger partial charge in [-0.25, -0.2) is 0 Å². The van der Waals surface area contributed by atoms with E-state index in [2.05, 4.69) is 41.4 Å². The summed E-state index contributed by atoms with van der Waals surface area (Å²) >= 11 is 6.21. The molecule has 0 bridgehead atoms. The van der Waals surface area contributed by atoms with Gasteiger partial charge in [-0.05, 0) is 37.5 Å². The molecule has 4 nitrogen and oxygen atoms in total. The van der Waals surface area contributed by atoms with Crippen LogP contribution < -0.4 is 15.1 Å². The highest BCUT2D eigenvalue weighted by molar-refractivity contribution is 6.30. The third-order valence-corrected chi connectivity index (χ3v) is 5.88. The molecule has 0 aromatic heterocycles. The molecule has 1 aliphatic carbocycles. The zero-order valence-electron chi connectivity index (χ0n) is 15.7. The van der Waals surface area contributed by atoms with Crippen molar-refractivity contribution in [1.82, 2.24) is 5.32 Å². The molecule has 27 heavy (non-hydrogen) atoms. The predicted octanol–water partition coefficient (Wildman–Crippen LogP) is 2.37. The zero-order chi connectivity index (χ0) is 18.8. The number of benzene rings is 2. The minimum atomic E-state index is -0.130. The maximum Gasteiger partial charge on any atom is 0.283 e. The Bertz CT molecular complexity index is 798. The second kappa shape index (κ2) is 7.91. The van der Waals surface area contributed by atoms with E-state index in [9.17, 15) is 4.79 Å². The molecule has 2 aromatic carbocycles. The fourth-order valence-electron chi connectivity index (χ4n) is 3.98. The highest BCUT2D eigenvalue weighted by Crippen LogP contribution is 2.25. The van der Waals surface area contributed by atoms with Crippen LogP contribution in [0.1, 0.15) is 30.0 Å². The summed E-state index contributed by atoms with van der Waals surface area (Å²) in [7, 11) is 0. The Kier molecular flexibility index (Phi) is 5.37. The van der Waals surface area contributed by atoms with E-state index in [1.54, 1.807) is 0 Å². The molecule has 1 heterocycles. The van der Waals surface area contributed by atoms with Gasteiger partial charge in [-0.15, -0.1) is 0 Å². The standard InChI is InChI=1S/C22H26ClN3O/c1-16-7-8-18(23)15-20(16)25-11-13-26(14-12-25)21(17-5-3-2-4-6-17)22(27)24-19-9-10-19/h2-8,15,19,21H,9-14H2,1H3,(H,24,27)/p+1/t21-/m1/s1. The molecule has 2 aromatic rings. The average molecular weight is 385 g/mol. The lowest BCUT2D eigenvalue weighted by Gasteiger charge is -2.37. The van der Waals surface area contributed by atoms with Crippen molar-refractivity contribution in [3.63, 3.8) is 0 Å². The van der Waals surface area contributed by atoms with Crippen molar-refractivity contribution in [2.24, 2.45) is 0 Å². The lowest BCUT2D eigenvalue weighted by atomic mass is 10.0. The Balaban J connectivity index is 1.49. The number of hydrogen-bond donors (Lipinski definition) is 2. The van der Waals surface area contributed by atoms with Crippen LogP contribution in [0.2, 0.25) is 5.02 Å². The van der Waals surface area contributed by atoms with Crippen molar-refractivity contribution in [3.8, 4) is 0 Å². The molecule has 0 unspecified atom stereocenters. The van der Waals surface area contributed by atoms with Gasteiger partial charge in [-0.2, -0.15) is 0 Å². The topological polar surface area (TPSA) is 36.8 Å². The van der Waals surface area contributed by atoms with E-state index >= 15 is 0 Å². The molecule has 5 heteroatoms. The number of carbonyl (C=O) groups excluding carboxylic acids is 1. The predicted molar refractivity (Wildman–Crippen MR) is 109 cm³/mol. The van der Waals surface area contributed by atoms with Crippen LogP contribution in [0, 0.1) is 6.92 Å². The molecule has 1 aliphatic heterocycles.